The van der Waals surface area contributed by atoms with Crippen molar-refractivity contribution in [2.24, 2.45) is 5.92 Å². The molecule has 2 N–H and O–H groups in total. The quantitative estimate of drug-likeness (QED) is 0.891. The summed E-state index contributed by atoms with van der Waals surface area (Å²) in [6.45, 7) is 1.56. The molecule has 120 valence electrons. The Bertz CT molecular complexity index is 653. The molecule has 1 heterocycles. The van der Waals surface area contributed by atoms with Gasteiger partial charge in [-0.2, -0.15) is 0 Å². The minimum Gasteiger partial charge on any atom is -0.349 e. The maximum absolute atomic E-state index is 14.2. The summed E-state index contributed by atoms with van der Waals surface area (Å²) in [6.07, 6.45) is 1.41. The van der Waals surface area contributed by atoms with Gasteiger partial charge >= 0.3 is 0 Å². The smallest absolute Gasteiger partial charge is 0.224 e. The van der Waals surface area contributed by atoms with Crippen LogP contribution >= 0.6 is 0 Å². The molecule has 23 heavy (non-hydrogen) atoms. The van der Waals surface area contributed by atoms with Crippen LogP contribution in [0.2, 0.25) is 0 Å². The Hall–Kier alpha value is -2.20. The van der Waals surface area contributed by atoms with Crippen molar-refractivity contribution in [2.45, 2.75) is 18.9 Å². The number of amides is 1. The lowest BCUT2D eigenvalue weighted by Gasteiger charge is -2.22. The van der Waals surface area contributed by atoms with E-state index >= 15 is 0 Å². The van der Waals surface area contributed by atoms with E-state index in [2.05, 4.69) is 10.6 Å². The average Bonchev–Trinajstić information content (AvgIpc) is 3.10. The van der Waals surface area contributed by atoms with Crippen molar-refractivity contribution in [2.75, 3.05) is 13.1 Å². The van der Waals surface area contributed by atoms with Crippen LogP contribution in [0.1, 0.15) is 23.6 Å². The molecule has 0 unspecified atom stereocenters. The summed E-state index contributed by atoms with van der Waals surface area (Å²) in [4.78, 5) is 12.5. The third kappa shape index (κ3) is 3.96. The molecule has 0 aromatic heterocycles. The van der Waals surface area contributed by atoms with Crippen molar-refractivity contribution < 1.29 is 9.18 Å². The third-order valence-electron chi connectivity index (χ3n) is 4.31. The van der Waals surface area contributed by atoms with E-state index in [4.69, 9.17) is 0 Å². The number of benzene rings is 2. The molecule has 1 fully saturated rings. The highest BCUT2D eigenvalue weighted by molar-refractivity contribution is 5.79. The van der Waals surface area contributed by atoms with Crippen molar-refractivity contribution in [3.63, 3.8) is 0 Å². The van der Waals surface area contributed by atoms with Gasteiger partial charge in [-0.05, 0) is 31.0 Å². The lowest BCUT2D eigenvalue weighted by molar-refractivity contribution is -0.125. The number of nitrogens with one attached hydrogen (secondary N) is 2. The molecule has 0 radical (unpaired) electrons. The summed E-state index contributed by atoms with van der Waals surface area (Å²) in [7, 11) is 0. The SMILES string of the molecule is O=C(N[C@@H](Cc1ccccc1)c1ccccc1F)[C@@H]1CCNC1. The van der Waals surface area contributed by atoms with Gasteiger partial charge in [-0.1, -0.05) is 48.5 Å². The van der Waals surface area contributed by atoms with Gasteiger partial charge in [0.1, 0.15) is 5.82 Å². The van der Waals surface area contributed by atoms with Crippen LogP contribution in [-0.4, -0.2) is 19.0 Å². The molecule has 2 aromatic carbocycles. The highest BCUT2D eigenvalue weighted by atomic mass is 19.1. The van der Waals surface area contributed by atoms with Gasteiger partial charge in [0, 0.05) is 12.1 Å². The van der Waals surface area contributed by atoms with E-state index in [9.17, 15) is 9.18 Å². The van der Waals surface area contributed by atoms with E-state index < -0.39 is 0 Å². The summed E-state index contributed by atoms with van der Waals surface area (Å²) >= 11 is 0. The van der Waals surface area contributed by atoms with E-state index in [-0.39, 0.29) is 23.7 Å². The zero-order valence-electron chi connectivity index (χ0n) is 13.0. The molecule has 0 spiro atoms. The molecule has 0 saturated carbocycles. The van der Waals surface area contributed by atoms with E-state index in [1.807, 2.05) is 30.3 Å². The first-order valence-corrected chi connectivity index (χ1v) is 8.03. The number of halogens is 1. The van der Waals surface area contributed by atoms with Crippen molar-refractivity contribution in [3.8, 4) is 0 Å². The van der Waals surface area contributed by atoms with Crippen LogP contribution in [0.5, 0.6) is 0 Å². The first kappa shape index (κ1) is 15.7. The standard InChI is InChI=1S/C19H21FN2O/c20-17-9-5-4-8-16(17)18(12-14-6-2-1-3-7-14)22-19(23)15-10-11-21-13-15/h1-9,15,18,21H,10-13H2,(H,22,23)/t15-,18+/m1/s1. The van der Waals surface area contributed by atoms with E-state index in [0.29, 0.717) is 18.5 Å². The van der Waals surface area contributed by atoms with Crippen LogP contribution in [-0.2, 0) is 11.2 Å². The summed E-state index contributed by atoms with van der Waals surface area (Å²) < 4.78 is 14.2. The molecule has 0 bridgehead atoms. The number of carbonyl (C=O) groups is 1. The van der Waals surface area contributed by atoms with Gasteiger partial charge in [-0.25, -0.2) is 4.39 Å². The maximum atomic E-state index is 14.2. The van der Waals surface area contributed by atoms with Crippen LogP contribution in [0.15, 0.2) is 54.6 Å². The van der Waals surface area contributed by atoms with Crippen LogP contribution in [0.3, 0.4) is 0 Å². The third-order valence-corrected chi connectivity index (χ3v) is 4.31. The minimum absolute atomic E-state index is 0.000755. The molecule has 3 rings (SSSR count). The lowest BCUT2D eigenvalue weighted by atomic mass is 9.97. The molecule has 1 saturated heterocycles. The topological polar surface area (TPSA) is 41.1 Å². The van der Waals surface area contributed by atoms with Gasteiger partial charge in [0.2, 0.25) is 5.91 Å². The van der Waals surface area contributed by atoms with Crippen LogP contribution in [0, 0.1) is 11.7 Å². The van der Waals surface area contributed by atoms with Crippen molar-refractivity contribution >= 4 is 5.91 Å². The maximum Gasteiger partial charge on any atom is 0.224 e. The van der Waals surface area contributed by atoms with Gasteiger partial charge in [0.15, 0.2) is 0 Å². The highest BCUT2D eigenvalue weighted by Gasteiger charge is 2.26. The predicted octanol–water partition coefficient (Wildman–Crippen LogP) is 2.84. The van der Waals surface area contributed by atoms with Crippen molar-refractivity contribution in [1.82, 2.24) is 10.6 Å². The van der Waals surface area contributed by atoms with E-state index in [0.717, 1.165) is 18.5 Å². The Morgan fingerprint density at radius 1 is 1.17 bits per heavy atom. The minimum atomic E-state index is -0.355. The zero-order chi connectivity index (χ0) is 16.1. The molecule has 4 heteroatoms. The van der Waals surface area contributed by atoms with Crippen molar-refractivity contribution in [1.29, 1.82) is 0 Å². The number of hydrogen-bond acceptors (Lipinski definition) is 2. The van der Waals surface area contributed by atoms with Gasteiger partial charge in [-0.15, -0.1) is 0 Å². The second kappa shape index (κ2) is 7.38. The fourth-order valence-corrected chi connectivity index (χ4v) is 3.01. The summed E-state index contributed by atoms with van der Waals surface area (Å²) in [6, 6.07) is 16.2. The van der Waals surface area contributed by atoms with E-state index in [1.165, 1.54) is 6.07 Å². The van der Waals surface area contributed by atoms with Crippen LogP contribution in [0.4, 0.5) is 4.39 Å². The normalized spacial score (nSPS) is 18.6. The molecule has 2 atom stereocenters. The molecule has 1 aliphatic rings. The molecule has 1 amide bonds. The fraction of sp³-hybridized carbons (Fsp3) is 0.316. The monoisotopic (exact) mass is 312 g/mol. The van der Waals surface area contributed by atoms with Gasteiger partial charge in [0.25, 0.3) is 0 Å². The molecular formula is C19H21FN2O. The van der Waals surface area contributed by atoms with Crippen LogP contribution < -0.4 is 10.6 Å². The Labute approximate surface area is 135 Å². The summed E-state index contributed by atoms with van der Waals surface area (Å²) in [5.41, 5.74) is 1.61. The Balaban J connectivity index is 1.81. The zero-order valence-corrected chi connectivity index (χ0v) is 13.0. The highest BCUT2D eigenvalue weighted by Crippen LogP contribution is 2.22. The Morgan fingerprint density at radius 2 is 1.91 bits per heavy atom. The molecule has 1 aliphatic heterocycles. The molecular weight excluding hydrogens is 291 g/mol. The first-order valence-electron chi connectivity index (χ1n) is 8.03. The van der Waals surface area contributed by atoms with Crippen LogP contribution in [0.25, 0.3) is 0 Å². The second-order valence-electron chi connectivity index (χ2n) is 5.96. The van der Waals surface area contributed by atoms with Gasteiger partial charge < -0.3 is 10.6 Å². The predicted molar refractivity (Wildman–Crippen MR) is 88.4 cm³/mol. The molecule has 0 aliphatic carbocycles. The van der Waals surface area contributed by atoms with Crippen molar-refractivity contribution in [3.05, 3.63) is 71.5 Å². The summed E-state index contributed by atoms with van der Waals surface area (Å²) in [5.74, 6) is -0.308. The number of carbonyl (C=O) groups excluding carboxylic acids is 1. The van der Waals surface area contributed by atoms with Gasteiger partial charge in [0.05, 0.1) is 12.0 Å². The summed E-state index contributed by atoms with van der Waals surface area (Å²) in [5, 5.41) is 6.24. The van der Waals surface area contributed by atoms with Gasteiger partial charge in [-0.3, -0.25) is 4.79 Å². The first-order chi connectivity index (χ1) is 11.2. The number of hydrogen-bond donors (Lipinski definition) is 2. The Kier molecular flexibility index (Phi) is 5.03. The fourth-order valence-electron chi connectivity index (χ4n) is 3.01. The second-order valence-corrected chi connectivity index (χ2v) is 5.96. The average molecular weight is 312 g/mol. The number of rotatable bonds is 5. The molecule has 3 nitrogen and oxygen atoms in total. The molecule has 2 aromatic rings. The Morgan fingerprint density at radius 3 is 2.61 bits per heavy atom. The van der Waals surface area contributed by atoms with E-state index in [1.54, 1.807) is 18.2 Å². The lowest BCUT2D eigenvalue weighted by Crippen LogP contribution is -2.36. The largest absolute Gasteiger partial charge is 0.349 e.